The van der Waals surface area contributed by atoms with E-state index in [2.05, 4.69) is 32.7 Å². The van der Waals surface area contributed by atoms with Gasteiger partial charge in [0.05, 0.1) is 6.04 Å². The van der Waals surface area contributed by atoms with E-state index in [1.54, 1.807) is 11.3 Å². The third-order valence-corrected chi connectivity index (χ3v) is 6.01. The van der Waals surface area contributed by atoms with Gasteiger partial charge in [0.1, 0.15) is 4.88 Å². The molecule has 0 fully saturated rings. The summed E-state index contributed by atoms with van der Waals surface area (Å²) in [6, 6.07) is 4.24. The normalized spacial score (nSPS) is 18.4. The predicted octanol–water partition coefficient (Wildman–Crippen LogP) is 4.38. The highest BCUT2D eigenvalue weighted by atomic mass is 79.9. The van der Waals surface area contributed by atoms with E-state index in [1.165, 1.54) is 21.8 Å². The van der Waals surface area contributed by atoms with Crippen molar-refractivity contribution in [3.8, 4) is 0 Å². The molecule has 18 heavy (non-hydrogen) atoms. The Morgan fingerprint density at radius 2 is 2.17 bits per heavy atom. The zero-order valence-electron chi connectivity index (χ0n) is 9.61. The van der Waals surface area contributed by atoms with E-state index in [-0.39, 0.29) is 11.9 Å². The number of fused-ring (bicyclic) bond motifs is 1. The number of amides is 1. The Labute approximate surface area is 122 Å². The smallest absolute Gasteiger partial charge is 0.262 e. The molecule has 0 aromatic carbocycles. The highest BCUT2D eigenvalue weighted by Gasteiger charge is 2.24. The van der Waals surface area contributed by atoms with Crippen LogP contribution in [0, 0.1) is 0 Å². The predicted molar refractivity (Wildman–Crippen MR) is 79.5 cm³/mol. The molecule has 3 rings (SSSR count). The standard InChI is InChI=1S/C13H12BrNOS2/c14-9-5-7-18-12(9)13(16)15-10-2-1-3-11-8(10)4-6-17-11/h4-7,10H,1-3H2,(H,15,16). The lowest BCUT2D eigenvalue weighted by Crippen LogP contribution is -2.30. The molecule has 1 aliphatic rings. The molecule has 0 aliphatic heterocycles. The quantitative estimate of drug-likeness (QED) is 0.862. The summed E-state index contributed by atoms with van der Waals surface area (Å²) in [7, 11) is 0. The maximum Gasteiger partial charge on any atom is 0.262 e. The number of thiophene rings is 2. The van der Waals surface area contributed by atoms with Crippen molar-refractivity contribution < 1.29 is 4.79 Å². The summed E-state index contributed by atoms with van der Waals surface area (Å²) in [5, 5.41) is 7.20. The largest absolute Gasteiger partial charge is 0.344 e. The van der Waals surface area contributed by atoms with Crippen molar-refractivity contribution in [2.75, 3.05) is 0 Å². The lowest BCUT2D eigenvalue weighted by Gasteiger charge is -2.23. The van der Waals surface area contributed by atoms with Gasteiger partial charge in [0.15, 0.2) is 0 Å². The number of rotatable bonds is 2. The summed E-state index contributed by atoms with van der Waals surface area (Å²) < 4.78 is 0.881. The second kappa shape index (κ2) is 5.15. The van der Waals surface area contributed by atoms with Crippen molar-refractivity contribution in [2.45, 2.75) is 25.3 Å². The fourth-order valence-electron chi connectivity index (χ4n) is 2.32. The Balaban J connectivity index is 1.79. The lowest BCUT2D eigenvalue weighted by molar-refractivity contribution is 0.0936. The summed E-state index contributed by atoms with van der Waals surface area (Å²) in [5.41, 5.74) is 1.31. The molecule has 1 aliphatic carbocycles. The van der Waals surface area contributed by atoms with Crippen LogP contribution < -0.4 is 5.32 Å². The molecule has 0 saturated heterocycles. The SMILES string of the molecule is O=C(NC1CCCc2sccc21)c1sccc1Br. The van der Waals surface area contributed by atoms with E-state index in [9.17, 15) is 4.79 Å². The Bertz CT molecular complexity index is 575. The molecule has 2 aromatic rings. The highest BCUT2D eigenvalue weighted by Crippen LogP contribution is 2.34. The molecule has 94 valence electrons. The van der Waals surface area contributed by atoms with Gasteiger partial charge in [0.2, 0.25) is 0 Å². The van der Waals surface area contributed by atoms with Gasteiger partial charge in [-0.05, 0) is 63.6 Å². The number of hydrogen-bond donors (Lipinski definition) is 1. The maximum atomic E-state index is 12.2. The van der Waals surface area contributed by atoms with Crippen LogP contribution in [0.25, 0.3) is 0 Å². The summed E-state index contributed by atoms with van der Waals surface area (Å²) in [6.45, 7) is 0. The molecule has 0 bridgehead atoms. The number of carbonyl (C=O) groups excluding carboxylic acids is 1. The zero-order valence-corrected chi connectivity index (χ0v) is 12.8. The molecule has 2 nitrogen and oxygen atoms in total. The molecular weight excluding hydrogens is 330 g/mol. The van der Waals surface area contributed by atoms with Crippen LogP contribution in [0.15, 0.2) is 27.4 Å². The molecule has 0 radical (unpaired) electrons. The van der Waals surface area contributed by atoms with Crippen molar-refractivity contribution in [1.82, 2.24) is 5.32 Å². The first-order chi connectivity index (χ1) is 8.75. The first kappa shape index (κ1) is 12.4. The van der Waals surface area contributed by atoms with Gasteiger partial charge in [-0.25, -0.2) is 0 Å². The molecular formula is C13H12BrNOS2. The summed E-state index contributed by atoms with van der Waals surface area (Å²) >= 11 is 6.68. The lowest BCUT2D eigenvalue weighted by atomic mass is 9.94. The Hall–Kier alpha value is -0.650. The highest BCUT2D eigenvalue weighted by molar-refractivity contribution is 9.10. The van der Waals surface area contributed by atoms with Crippen LogP contribution >= 0.6 is 38.6 Å². The van der Waals surface area contributed by atoms with Gasteiger partial charge in [-0.2, -0.15) is 0 Å². The molecule has 0 spiro atoms. The summed E-state index contributed by atoms with van der Waals surface area (Å²) in [6.07, 6.45) is 3.35. The van der Waals surface area contributed by atoms with Crippen molar-refractivity contribution >= 4 is 44.5 Å². The van der Waals surface area contributed by atoms with Gasteiger partial charge in [-0.15, -0.1) is 22.7 Å². The minimum Gasteiger partial charge on any atom is -0.344 e. The molecule has 2 aromatic heterocycles. The van der Waals surface area contributed by atoms with E-state index >= 15 is 0 Å². The average Bonchev–Trinajstić information content (AvgIpc) is 2.97. The fraction of sp³-hybridized carbons (Fsp3) is 0.308. The van der Waals surface area contributed by atoms with E-state index < -0.39 is 0 Å². The van der Waals surface area contributed by atoms with Crippen LogP contribution in [-0.2, 0) is 6.42 Å². The third kappa shape index (κ3) is 2.27. The van der Waals surface area contributed by atoms with Gasteiger partial charge < -0.3 is 5.32 Å². The molecule has 2 heterocycles. The van der Waals surface area contributed by atoms with Crippen molar-refractivity contribution in [3.05, 3.63) is 42.7 Å². The first-order valence-electron chi connectivity index (χ1n) is 5.86. The first-order valence-corrected chi connectivity index (χ1v) is 8.41. The summed E-state index contributed by atoms with van der Waals surface area (Å²) in [5.74, 6) is 0.0286. The Morgan fingerprint density at radius 1 is 1.33 bits per heavy atom. The van der Waals surface area contributed by atoms with E-state index in [4.69, 9.17) is 0 Å². The molecule has 1 N–H and O–H groups in total. The number of carbonyl (C=O) groups is 1. The van der Waals surface area contributed by atoms with E-state index in [1.807, 2.05) is 11.4 Å². The van der Waals surface area contributed by atoms with Crippen LogP contribution in [0.4, 0.5) is 0 Å². The Kier molecular flexibility index (Phi) is 3.54. The van der Waals surface area contributed by atoms with Gasteiger partial charge in [-0.1, -0.05) is 0 Å². The monoisotopic (exact) mass is 341 g/mol. The Morgan fingerprint density at radius 3 is 2.94 bits per heavy atom. The van der Waals surface area contributed by atoms with Crippen molar-refractivity contribution in [3.63, 3.8) is 0 Å². The minimum atomic E-state index is 0.0286. The second-order valence-electron chi connectivity index (χ2n) is 4.32. The minimum absolute atomic E-state index is 0.0286. The van der Waals surface area contributed by atoms with Crippen LogP contribution in [-0.4, -0.2) is 5.91 Å². The van der Waals surface area contributed by atoms with Gasteiger partial charge in [0.25, 0.3) is 5.91 Å². The van der Waals surface area contributed by atoms with Crippen molar-refractivity contribution in [2.24, 2.45) is 0 Å². The van der Waals surface area contributed by atoms with Crippen LogP contribution in [0.5, 0.6) is 0 Å². The van der Waals surface area contributed by atoms with Crippen LogP contribution in [0.1, 0.15) is 39.0 Å². The third-order valence-electron chi connectivity index (χ3n) is 3.18. The number of nitrogens with one attached hydrogen (secondary N) is 1. The fourth-order valence-corrected chi connectivity index (χ4v) is 4.76. The van der Waals surface area contributed by atoms with Crippen molar-refractivity contribution in [1.29, 1.82) is 0 Å². The van der Waals surface area contributed by atoms with Gasteiger partial charge >= 0.3 is 0 Å². The topological polar surface area (TPSA) is 29.1 Å². The van der Waals surface area contributed by atoms with Crippen LogP contribution in [0.2, 0.25) is 0 Å². The van der Waals surface area contributed by atoms with Crippen LogP contribution in [0.3, 0.4) is 0 Å². The maximum absolute atomic E-state index is 12.2. The molecule has 0 saturated carbocycles. The van der Waals surface area contributed by atoms with Gasteiger partial charge in [-0.3, -0.25) is 4.79 Å². The second-order valence-corrected chi connectivity index (χ2v) is 7.09. The molecule has 1 unspecified atom stereocenters. The molecule has 5 heteroatoms. The number of aryl methyl sites for hydroxylation is 1. The van der Waals surface area contributed by atoms with E-state index in [0.29, 0.717) is 0 Å². The van der Waals surface area contributed by atoms with Gasteiger partial charge in [0, 0.05) is 9.35 Å². The molecule has 1 atom stereocenters. The van der Waals surface area contributed by atoms with E-state index in [0.717, 1.165) is 28.6 Å². The number of halogens is 1. The summed E-state index contributed by atoms with van der Waals surface area (Å²) in [4.78, 5) is 14.4. The number of hydrogen-bond acceptors (Lipinski definition) is 3. The zero-order chi connectivity index (χ0) is 12.5. The average molecular weight is 342 g/mol. The molecule has 1 amide bonds.